The minimum Gasteiger partial charge on any atom is -0.387 e. The Balaban J connectivity index is 2.19. The van der Waals surface area contributed by atoms with Crippen molar-refractivity contribution >= 4 is 5.84 Å². The van der Waals surface area contributed by atoms with E-state index in [0.29, 0.717) is 5.92 Å². The van der Waals surface area contributed by atoms with E-state index in [-0.39, 0.29) is 0 Å². The predicted octanol–water partition coefficient (Wildman–Crippen LogP) is 0.790. The lowest BCUT2D eigenvalue weighted by atomic mass is 10.1. The highest BCUT2D eigenvalue weighted by Gasteiger charge is 2.14. The molecule has 64 valence electrons. The van der Waals surface area contributed by atoms with Crippen LogP contribution in [0.3, 0.4) is 0 Å². The summed E-state index contributed by atoms with van der Waals surface area (Å²) >= 11 is 0. The van der Waals surface area contributed by atoms with E-state index >= 15 is 0 Å². The zero-order valence-electron chi connectivity index (χ0n) is 7.05. The molecule has 1 unspecified atom stereocenters. The van der Waals surface area contributed by atoms with Gasteiger partial charge in [-0.25, -0.2) is 0 Å². The van der Waals surface area contributed by atoms with E-state index < -0.39 is 0 Å². The lowest BCUT2D eigenvalue weighted by molar-refractivity contribution is 0.187. The molecule has 0 aromatic rings. The number of amidine groups is 1. The van der Waals surface area contributed by atoms with Crippen molar-refractivity contribution < 1.29 is 4.74 Å². The van der Waals surface area contributed by atoms with Gasteiger partial charge < -0.3 is 10.5 Å². The van der Waals surface area contributed by atoms with Gasteiger partial charge in [0.2, 0.25) is 0 Å². The SMILES string of the molecule is CCC(N)=NCC1CCOC1. The summed E-state index contributed by atoms with van der Waals surface area (Å²) in [6, 6.07) is 0. The molecule has 1 atom stereocenters. The van der Waals surface area contributed by atoms with E-state index in [4.69, 9.17) is 10.5 Å². The van der Waals surface area contributed by atoms with Gasteiger partial charge in [-0.3, -0.25) is 4.99 Å². The van der Waals surface area contributed by atoms with E-state index in [1.54, 1.807) is 0 Å². The van der Waals surface area contributed by atoms with Crippen molar-refractivity contribution in [3.05, 3.63) is 0 Å². The first-order valence-electron chi connectivity index (χ1n) is 4.19. The molecular weight excluding hydrogens is 140 g/mol. The van der Waals surface area contributed by atoms with Crippen LogP contribution < -0.4 is 5.73 Å². The maximum atomic E-state index is 5.56. The van der Waals surface area contributed by atoms with Gasteiger partial charge in [0.1, 0.15) is 0 Å². The van der Waals surface area contributed by atoms with Crippen LogP contribution in [0.25, 0.3) is 0 Å². The van der Waals surface area contributed by atoms with Crippen molar-refractivity contribution in [3.8, 4) is 0 Å². The third kappa shape index (κ3) is 2.89. The summed E-state index contributed by atoms with van der Waals surface area (Å²) in [6.45, 7) is 4.62. The Morgan fingerprint density at radius 2 is 2.55 bits per heavy atom. The second kappa shape index (κ2) is 4.34. The highest BCUT2D eigenvalue weighted by atomic mass is 16.5. The summed E-state index contributed by atoms with van der Waals surface area (Å²) in [5.41, 5.74) is 5.56. The molecule has 1 aliphatic rings. The summed E-state index contributed by atoms with van der Waals surface area (Å²) in [5.74, 6) is 1.37. The van der Waals surface area contributed by atoms with Crippen molar-refractivity contribution in [3.63, 3.8) is 0 Å². The molecule has 0 bridgehead atoms. The standard InChI is InChI=1S/C8H16N2O/c1-2-8(9)10-5-7-3-4-11-6-7/h7H,2-6H2,1H3,(H2,9,10). The Bertz CT molecular complexity index is 139. The van der Waals surface area contributed by atoms with Crippen LogP contribution >= 0.6 is 0 Å². The van der Waals surface area contributed by atoms with Crippen LogP contribution in [-0.4, -0.2) is 25.6 Å². The predicted molar refractivity (Wildman–Crippen MR) is 45.7 cm³/mol. The third-order valence-electron chi connectivity index (χ3n) is 1.94. The monoisotopic (exact) mass is 156 g/mol. The lowest BCUT2D eigenvalue weighted by Crippen LogP contribution is -2.13. The summed E-state index contributed by atoms with van der Waals surface area (Å²) in [5, 5.41) is 0. The molecule has 0 saturated carbocycles. The molecule has 1 heterocycles. The van der Waals surface area contributed by atoms with Gasteiger partial charge in [-0.2, -0.15) is 0 Å². The minimum atomic E-state index is 0.611. The molecule has 3 heteroatoms. The molecule has 3 nitrogen and oxygen atoms in total. The highest BCUT2D eigenvalue weighted by Crippen LogP contribution is 2.11. The zero-order chi connectivity index (χ0) is 8.10. The maximum Gasteiger partial charge on any atom is 0.0934 e. The van der Waals surface area contributed by atoms with Crippen LogP contribution in [0, 0.1) is 5.92 Å². The molecule has 2 N–H and O–H groups in total. The fraction of sp³-hybridized carbons (Fsp3) is 0.875. The Morgan fingerprint density at radius 1 is 1.73 bits per heavy atom. The largest absolute Gasteiger partial charge is 0.387 e. The molecule has 0 aromatic carbocycles. The van der Waals surface area contributed by atoms with Crippen LogP contribution in [0.15, 0.2) is 4.99 Å². The van der Waals surface area contributed by atoms with Gasteiger partial charge in [-0.15, -0.1) is 0 Å². The second-order valence-electron chi connectivity index (χ2n) is 2.92. The minimum absolute atomic E-state index is 0.611. The molecule has 1 rings (SSSR count). The highest BCUT2D eigenvalue weighted by molar-refractivity contribution is 5.79. The Labute approximate surface area is 67.6 Å². The molecule has 1 saturated heterocycles. The van der Waals surface area contributed by atoms with Crippen molar-refractivity contribution in [1.82, 2.24) is 0 Å². The van der Waals surface area contributed by atoms with Crippen LogP contribution in [0.4, 0.5) is 0 Å². The summed E-state index contributed by atoms with van der Waals surface area (Å²) < 4.78 is 5.21. The number of hydrogen-bond donors (Lipinski definition) is 1. The number of rotatable bonds is 3. The van der Waals surface area contributed by atoms with Crippen LogP contribution in [0.1, 0.15) is 19.8 Å². The van der Waals surface area contributed by atoms with Gasteiger partial charge in [-0.1, -0.05) is 6.92 Å². The number of nitrogens with two attached hydrogens (primary N) is 1. The first kappa shape index (κ1) is 8.53. The van der Waals surface area contributed by atoms with Gasteiger partial charge >= 0.3 is 0 Å². The maximum absolute atomic E-state index is 5.56. The fourth-order valence-corrected chi connectivity index (χ4v) is 1.09. The van der Waals surface area contributed by atoms with E-state index in [1.165, 1.54) is 0 Å². The summed E-state index contributed by atoms with van der Waals surface area (Å²) in [4.78, 5) is 4.24. The van der Waals surface area contributed by atoms with E-state index in [2.05, 4.69) is 4.99 Å². The van der Waals surface area contributed by atoms with E-state index in [1.807, 2.05) is 6.92 Å². The first-order chi connectivity index (χ1) is 5.33. The topological polar surface area (TPSA) is 47.6 Å². The van der Waals surface area contributed by atoms with E-state index in [9.17, 15) is 0 Å². The molecule has 0 aromatic heterocycles. The normalized spacial score (nSPS) is 25.9. The lowest BCUT2D eigenvalue weighted by Gasteiger charge is -2.02. The quantitative estimate of drug-likeness (QED) is 0.485. The van der Waals surface area contributed by atoms with Crippen LogP contribution in [0.5, 0.6) is 0 Å². The van der Waals surface area contributed by atoms with Crippen molar-refractivity contribution in [1.29, 1.82) is 0 Å². The molecular formula is C8H16N2O. The molecule has 0 amide bonds. The van der Waals surface area contributed by atoms with Gasteiger partial charge in [-0.05, 0) is 6.42 Å². The fourth-order valence-electron chi connectivity index (χ4n) is 1.09. The summed E-state index contributed by atoms with van der Waals surface area (Å²) in [6.07, 6.45) is 1.99. The third-order valence-corrected chi connectivity index (χ3v) is 1.94. The smallest absolute Gasteiger partial charge is 0.0934 e. The average molecular weight is 156 g/mol. The Kier molecular flexibility index (Phi) is 3.36. The van der Waals surface area contributed by atoms with Crippen molar-refractivity contribution in [2.75, 3.05) is 19.8 Å². The molecule has 11 heavy (non-hydrogen) atoms. The van der Waals surface area contributed by atoms with Crippen LogP contribution in [0.2, 0.25) is 0 Å². The second-order valence-corrected chi connectivity index (χ2v) is 2.92. The summed E-state index contributed by atoms with van der Waals surface area (Å²) in [7, 11) is 0. The van der Waals surface area contributed by atoms with Crippen molar-refractivity contribution in [2.45, 2.75) is 19.8 Å². The number of aliphatic imine (C=N–C) groups is 1. The number of ether oxygens (including phenoxy) is 1. The Morgan fingerprint density at radius 3 is 3.09 bits per heavy atom. The molecule has 1 aliphatic heterocycles. The van der Waals surface area contributed by atoms with Gasteiger partial charge in [0.25, 0.3) is 0 Å². The first-order valence-corrected chi connectivity index (χ1v) is 4.19. The van der Waals surface area contributed by atoms with Gasteiger partial charge in [0, 0.05) is 25.5 Å². The Hall–Kier alpha value is -0.570. The number of nitrogens with zero attached hydrogens (tertiary/aromatic N) is 1. The zero-order valence-corrected chi connectivity index (χ0v) is 7.05. The van der Waals surface area contributed by atoms with E-state index in [0.717, 1.165) is 38.4 Å². The number of hydrogen-bond acceptors (Lipinski definition) is 2. The van der Waals surface area contributed by atoms with Gasteiger partial charge in [0.05, 0.1) is 12.4 Å². The van der Waals surface area contributed by atoms with Gasteiger partial charge in [0.15, 0.2) is 0 Å². The van der Waals surface area contributed by atoms with Crippen LogP contribution in [-0.2, 0) is 4.74 Å². The van der Waals surface area contributed by atoms with Crippen molar-refractivity contribution in [2.24, 2.45) is 16.6 Å². The molecule has 0 radical (unpaired) electrons. The molecule has 0 aliphatic carbocycles. The average Bonchev–Trinajstić information content (AvgIpc) is 2.52. The molecule has 0 spiro atoms. The molecule has 1 fully saturated rings.